The van der Waals surface area contributed by atoms with Crippen LogP contribution in [0.4, 0.5) is 0 Å². The maximum atomic E-state index is 11.8. The number of thiophene rings is 1. The van der Waals surface area contributed by atoms with Crippen molar-refractivity contribution in [1.29, 1.82) is 0 Å². The van der Waals surface area contributed by atoms with E-state index in [-0.39, 0.29) is 11.4 Å². The molecule has 0 spiro atoms. The average Bonchev–Trinajstić information content (AvgIpc) is 2.60. The number of hydrogen-bond donors (Lipinski definition) is 2. The molecule has 3 nitrogen and oxygen atoms in total. The second-order valence-corrected chi connectivity index (χ2v) is 5.32. The summed E-state index contributed by atoms with van der Waals surface area (Å²) in [5, 5.41) is 4.71. The van der Waals surface area contributed by atoms with E-state index in [0.717, 1.165) is 4.88 Å². The van der Waals surface area contributed by atoms with Gasteiger partial charge in [0.1, 0.15) is 0 Å². The quantitative estimate of drug-likeness (QED) is 0.727. The van der Waals surface area contributed by atoms with Crippen LogP contribution in [0.1, 0.15) is 36.0 Å². The standard InChI is InChI=1S/C12H16N2OS/c1-12(2,3)14-11(15)9-7-10(16-8-9)5-4-6-13/h7-8H,6,13H2,1-3H3,(H,14,15). The molecule has 0 saturated carbocycles. The molecule has 0 aliphatic heterocycles. The van der Waals surface area contributed by atoms with E-state index in [9.17, 15) is 4.79 Å². The van der Waals surface area contributed by atoms with Crippen LogP contribution >= 0.6 is 11.3 Å². The van der Waals surface area contributed by atoms with Gasteiger partial charge in [-0.25, -0.2) is 0 Å². The Kier molecular flexibility index (Phi) is 4.11. The van der Waals surface area contributed by atoms with Gasteiger partial charge >= 0.3 is 0 Å². The first-order chi connectivity index (χ1) is 7.42. The molecule has 3 N–H and O–H groups in total. The van der Waals surface area contributed by atoms with E-state index < -0.39 is 0 Å². The highest BCUT2D eigenvalue weighted by molar-refractivity contribution is 7.10. The minimum atomic E-state index is -0.220. The van der Waals surface area contributed by atoms with Crippen molar-refractivity contribution in [1.82, 2.24) is 5.32 Å². The molecule has 0 radical (unpaired) electrons. The maximum Gasteiger partial charge on any atom is 0.252 e. The Hall–Kier alpha value is -1.31. The first-order valence-electron chi connectivity index (χ1n) is 5.02. The number of carbonyl (C=O) groups excluding carboxylic acids is 1. The highest BCUT2D eigenvalue weighted by atomic mass is 32.1. The zero-order valence-corrected chi connectivity index (χ0v) is 10.6. The molecule has 1 amide bonds. The van der Waals surface area contributed by atoms with Crippen LogP contribution in [-0.2, 0) is 0 Å². The van der Waals surface area contributed by atoms with Crippen molar-refractivity contribution >= 4 is 17.2 Å². The fourth-order valence-electron chi connectivity index (χ4n) is 1.07. The van der Waals surface area contributed by atoms with Crippen LogP contribution in [0.2, 0.25) is 0 Å². The normalized spacial score (nSPS) is 10.5. The summed E-state index contributed by atoms with van der Waals surface area (Å²) in [6.07, 6.45) is 0. The first-order valence-corrected chi connectivity index (χ1v) is 5.90. The Labute approximate surface area is 100 Å². The van der Waals surface area contributed by atoms with Crippen LogP contribution < -0.4 is 11.1 Å². The fraction of sp³-hybridized carbons (Fsp3) is 0.417. The van der Waals surface area contributed by atoms with E-state index in [0.29, 0.717) is 12.1 Å². The second-order valence-electron chi connectivity index (χ2n) is 4.41. The predicted octanol–water partition coefficient (Wildman–Crippen LogP) is 1.59. The topological polar surface area (TPSA) is 55.1 Å². The van der Waals surface area contributed by atoms with Crippen LogP contribution in [0.3, 0.4) is 0 Å². The van der Waals surface area contributed by atoms with E-state index in [2.05, 4.69) is 17.2 Å². The summed E-state index contributed by atoms with van der Waals surface area (Å²) in [6, 6.07) is 1.79. The minimum absolute atomic E-state index is 0.0652. The van der Waals surface area contributed by atoms with Gasteiger partial charge < -0.3 is 11.1 Å². The van der Waals surface area contributed by atoms with Gasteiger partial charge in [0.15, 0.2) is 0 Å². The molecule has 0 saturated heterocycles. The number of hydrogen-bond acceptors (Lipinski definition) is 3. The Bertz CT molecular complexity index is 432. The Morgan fingerprint density at radius 2 is 2.25 bits per heavy atom. The van der Waals surface area contributed by atoms with E-state index in [1.807, 2.05) is 26.2 Å². The van der Waals surface area contributed by atoms with Crippen molar-refractivity contribution in [3.8, 4) is 11.8 Å². The van der Waals surface area contributed by atoms with Gasteiger partial charge in [0, 0.05) is 10.9 Å². The Morgan fingerprint density at radius 1 is 1.56 bits per heavy atom. The lowest BCUT2D eigenvalue weighted by atomic mass is 10.1. The maximum absolute atomic E-state index is 11.8. The van der Waals surface area contributed by atoms with Gasteiger partial charge in [-0.1, -0.05) is 11.8 Å². The number of nitrogens with two attached hydrogens (primary N) is 1. The Morgan fingerprint density at radius 3 is 2.81 bits per heavy atom. The zero-order valence-electron chi connectivity index (χ0n) is 9.76. The molecule has 1 rings (SSSR count). The van der Waals surface area contributed by atoms with Crippen LogP contribution in [0.15, 0.2) is 11.4 Å². The molecule has 0 unspecified atom stereocenters. The van der Waals surface area contributed by atoms with Crippen molar-refractivity contribution < 1.29 is 4.79 Å². The third-order valence-electron chi connectivity index (χ3n) is 1.66. The molecule has 86 valence electrons. The average molecular weight is 236 g/mol. The smallest absolute Gasteiger partial charge is 0.252 e. The number of rotatable bonds is 1. The first kappa shape index (κ1) is 12.8. The van der Waals surface area contributed by atoms with Gasteiger partial charge in [0.05, 0.1) is 17.0 Å². The van der Waals surface area contributed by atoms with Crippen molar-refractivity contribution in [2.24, 2.45) is 5.73 Å². The largest absolute Gasteiger partial charge is 0.347 e. The van der Waals surface area contributed by atoms with Crippen molar-refractivity contribution in [3.63, 3.8) is 0 Å². The molecular formula is C12H16N2OS. The van der Waals surface area contributed by atoms with Crippen LogP contribution in [0.5, 0.6) is 0 Å². The molecule has 1 aromatic heterocycles. The van der Waals surface area contributed by atoms with Gasteiger partial charge in [-0.3, -0.25) is 4.79 Å². The summed E-state index contributed by atoms with van der Waals surface area (Å²) >= 11 is 1.45. The molecular weight excluding hydrogens is 220 g/mol. The van der Waals surface area contributed by atoms with E-state index in [4.69, 9.17) is 5.73 Å². The molecule has 0 aliphatic rings. The summed E-state index contributed by atoms with van der Waals surface area (Å²) in [4.78, 5) is 12.6. The van der Waals surface area contributed by atoms with Crippen molar-refractivity contribution in [2.75, 3.05) is 6.54 Å². The number of carbonyl (C=O) groups is 1. The lowest BCUT2D eigenvalue weighted by Crippen LogP contribution is -2.40. The monoisotopic (exact) mass is 236 g/mol. The van der Waals surface area contributed by atoms with Gasteiger partial charge in [0.2, 0.25) is 0 Å². The summed E-state index contributed by atoms with van der Waals surface area (Å²) < 4.78 is 0. The van der Waals surface area contributed by atoms with Crippen molar-refractivity contribution in [3.05, 3.63) is 21.9 Å². The number of amides is 1. The summed E-state index contributed by atoms with van der Waals surface area (Å²) in [5.41, 5.74) is 5.71. The molecule has 0 bridgehead atoms. The molecule has 1 heterocycles. The molecule has 0 aliphatic carbocycles. The third-order valence-corrected chi connectivity index (χ3v) is 2.51. The predicted molar refractivity (Wildman–Crippen MR) is 67.5 cm³/mol. The van der Waals surface area contributed by atoms with E-state index >= 15 is 0 Å². The molecule has 16 heavy (non-hydrogen) atoms. The molecule has 0 fully saturated rings. The van der Waals surface area contributed by atoms with Gasteiger partial charge in [-0.2, -0.15) is 0 Å². The van der Waals surface area contributed by atoms with E-state index in [1.165, 1.54) is 11.3 Å². The Balaban J connectivity index is 2.75. The van der Waals surface area contributed by atoms with Crippen LogP contribution in [0.25, 0.3) is 0 Å². The minimum Gasteiger partial charge on any atom is -0.347 e. The summed E-state index contributed by atoms with van der Waals surface area (Å²) in [7, 11) is 0. The SMILES string of the molecule is CC(C)(C)NC(=O)c1csc(C#CCN)c1. The van der Waals surface area contributed by atoms with Gasteiger partial charge in [-0.15, -0.1) is 11.3 Å². The van der Waals surface area contributed by atoms with Crippen molar-refractivity contribution in [2.45, 2.75) is 26.3 Å². The third kappa shape index (κ3) is 4.05. The van der Waals surface area contributed by atoms with Gasteiger partial charge in [-0.05, 0) is 26.8 Å². The van der Waals surface area contributed by atoms with Crippen LogP contribution in [0, 0.1) is 11.8 Å². The fourth-order valence-corrected chi connectivity index (χ4v) is 1.83. The lowest BCUT2D eigenvalue weighted by Gasteiger charge is -2.19. The van der Waals surface area contributed by atoms with E-state index in [1.54, 1.807) is 6.07 Å². The summed E-state index contributed by atoms with van der Waals surface area (Å²) in [6.45, 7) is 6.19. The molecule has 0 aromatic carbocycles. The number of nitrogens with one attached hydrogen (secondary N) is 1. The highest BCUT2D eigenvalue weighted by Gasteiger charge is 2.15. The van der Waals surface area contributed by atoms with Gasteiger partial charge in [0.25, 0.3) is 5.91 Å². The zero-order chi connectivity index (χ0) is 12.2. The highest BCUT2D eigenvalue weighted by Crippen LogP contribution is 2.14. The lowest BCUT2D eigenvalue weighted by molar-refractivity contribution is 0.0920. The molecule has 0 atom stereocenters. The van der Waals surface area contributed by atoms with Crippen LogP contribution in [-0.4, -0.2) is 18.0 Å². The second kappa shape index (κ2) is 5.15. The molecule has 1 aromatic rings. The summed E-state index contributed by atoms with van der Waals surface area (Å²) in [5.74, 6) is 5.60. The molecule has 4 heteroatoms.